The summed E-state index contributed by atoms with van der Waals surface area (Å²) in [6.07, 6.45) is 3.78. The van der Waals surface area contributed by atoms with Crippen molar-refractivity contribution in [3.8, 4) is 10.7 Å². The van der Waals surface area contributed by atoms with Crippen LogP contribution in [0.25, 0.3) is 20.4 Å². The van der Waals surface area contributed by atoms with E-state index < -0.39 is 24.3 Å². The van der Waals surface area contributed by atoms with Gasteiger partial charge in [0.15, 0.2) is 20.5 Å². The van der Waals surface area contributed by atoms with Gasteiger partial charge < -0.3 is 40.2 Å². The lowest BCUT2D eigenvalue weighted by molar-refractivity contribution is -0.136. The average molecular weight is 729 g/mol. The molecule has 50 heavy (non-hydrogen) atoms. The second-order valence-corrected chi connectivity index (χ2v) is 15.4. The number of amides is 4. The average Bonchev–Trinajstić information content (AvgIpc) is 3.93. The molecule has 3 aromatic rings. The van der Waals surface area contributed by atoms with Gasteiger partial charge in [-0.1, -0.05) is 50.4 Å². The standard InChI is InChI=1S/C32H44N10O6S2/c1-15(2)21(37-31(45)47-5)29(43)41-11-7-9-19(41)17-13-34-24(35-17)26-40-28-27(50-26)39-25(49-28)18-14-33-23(36-18)20-10-8-12-42(20)30(44)22(16(3)4)38-32(46)48-6/h14-17,19-22H,7-13H2,1-6H3,(H,33,36)(H,34,35)(H,37,45)(H,38,46)/t17-,19?,20-,21-,22-/m0/s1. The van der Waals surface area contributed by atoms with Crippen molar-refractivity contribution >= 4 is 62.2 Å². The number of amidine groups is 1. The van der Waals surface area contributed by atoms with Crippen LogP contribution in [0.5, 0.6) is 0 Å². The zero-order chi connectivity index (χ0) is 35.7. The number of H-pyrrole nitrogens is 1. The van der Waals surface area contributed by atoms with Crippen molar-refractivity contribution in [1.82, 2.24) is 45.7 Å². The summed E-state index contributed by atoms with van der Waals surface area (Å²) in [6.45, 7) is 9.29. The maximum atomic E-state index is 13.5. The molecule has 16 nitrogen and oxygen atoms in total. The van der Waals surface area contributed by atoms with Gasteiger partial charge in [0.05, 0.1) is 50.8 Å². The Hall–Kier alpha value is -4.32. The fourth-order valence-corrected chi connectivity index (χ4v) is 8.81. The van der Waals surface area contributed by atoms with Gasteiger partial charge in [-0.05, 0) is 37.5 Å². The summed E-state index contributed by atoms with van der Waals surface area (Å²) < 4.78 is 9.49. The molecule has 4 N–H and O–H groups in total. The van der Waals surface area contributed by atoms with Gasteiger partial charge >= 0.3 is 12.2 Å². The number of ether oxygens (including phenoxy) is 2. The monoisotopic (exact) mass is 728 g/mol. The van der Waals surface area contributed by atoms with Crippen LogP contribution in [0, 0.1) is 11.8 Å². The summed E-state index contributed by atoms with van der Waals surface area (Å²) in [5, 5.41) is 10.4. The number of nitrogens with one attached hydrogen (secondary N) is 4. The van der Waals surface area contributed by atoms with Gasteiger partial charge in [0.2, 0.25) is 11.8 Å². The third kappa shape index (κ3) is 7.12. The van der Waals surface area contributed by atoms with Gasteiger partial charge in [0.25, 0.3) is 0 Å². The zero-order valence-corrected chi connectivity index (χ0v) is 30.7. The molecule has 5 atom stereocenters. The summed E-state index contributed by atoms with van der Waals surface area (Å²) >= 11 is 2.90. The van der Waals surface area contributed by atoms with E-state index in [1.165, 1.54) is 36.9 Å². The van der Waals surface area contributed by atoms with Crippen LogP contribution in [0.1, 0.15) is 70.3 Å². The van der Waals surface area contributed by atoms with Crippen LogP contribution < -0.4 is 16.0 Å². The number of aliphatic imine (C=N–C) groups is 1. The Bertz CT molecular complexity index is 1740. The molecule has 0 aliphatic carbocycles. The van der Waals surface area contributed by atoms with Crippen LogP contribution in [0.3, 0.4) is 0 Å². The largest absolute Gasteiger partial charge is 0.453 e. The number of aromatic amines is 1. The number of fused-ring (bicyclic) bond motifs is 1. The van der Waals surface area contributed by atoms with Crippen LogP contribution in [-0.4, -0.2) is 118 Å². The minimum atomic E-state index is -0.704. The lowest BCUT2D eigenvalue weighted by Crippen LogP contribution is -2.56. The molecule has 6 heterocycles. The summed E-state index contributed by atoms with van der Waals surface area (Å²) in [6, 6.07) is -1.74. The molecule has 2 fully saturated rings. The fourth-order valence-electron chi connectivity index (χ4n) is 6.83. The lowest BCUT2D eigenvalue weighted by atomic mass is 10.0. The second-order valence-electron chi connectivity index (χ2n) is 13.4. The number of aromatic nitrogens is 4. The molecule has 3 aliphatic heterocycles. The van der Waals surface area contributed by atoms with Gasteiger partial charge in [-0.25, -0.2) is 24.5 Å². The highest BCUT2D eigenvalue weighted by atomic mass is 32.1. The van der Waals surface area contributed by atoms with E-state index in [0.29, 0.717) is 31.3 Å². The third-order valence-electron chi connectivity index (χ3n) is 9.45. The van der Waals surface area contributed by atoms with Crippen LogP contribution in [0.4, 0.5) is 9.59 Å². The molecule has 270 valence electrons. The predicted molar refractivity (Wildman–Crippen MR) is 188 cm³/mol. The van der Waals surface area contributed by atoms with Crippen LogP contribution >= 0.6 is 22.7 Å². The van der Waals surface area contributed by atoms with Crippen molar-refractivity contribution in [1.29, 1.82) is 0 Å². The number of hydrogen-bond donors (Lipinski definition) is 4. The lowest BCUT2D eigenvalue weighted by Gasteiger charge is -2.33. The molecule has 0 saturated carbocycles. The Morgan fingerprint density at radius 2 is 1.44 bits per heavy atom. The van der Waals surface area contributed by atoms with Crippen molar-refractivity contribution in [3.05, 3.63) is 17.0 Å². The molecule has 3 aliphatic rings. The van der Waals surface area contributed by atoms with E-state index in [9.17, 15) is 19.2 Å². The minimum absolute atomic E-state index is 0.0590. The summed E-state index contributed by atoms with van der Waals surface area (Å²) in [5.74, 6) is 0.878. The molecule has 1 unspecified atom stereocenters. The predicted octanol–water partition coefficient (Wildman–Crippen LogP) is 3.28. The van der Waals surface area contributed by atoms with E-state index in [0.717, 1.165) is 51.1 Å². The molecule has 6 rings (SSSR count). The fraction of sp³-hybridized carbons (Fsp3) is 0.625. The number of carbonyl (C=O) groups is 4. The van der Waals surface area contributed by atoms with Crippen molar-refractivity contribution < 1.29 is 28.7 Å². The maximum absolute atomic E-state index is 13.5. The summed E-state index contributed by atoms with van der Waals surface area (Å²) in [7, 11) is 2.57. The number of thiazole rings is 2. The first-order valence-corrected chi connectivity index (χ1v) is 18.6. The number of methoxy groups -OCH3 is 2. The minimum Gasteiger partial charge on any atom is -0.453 e. The molecule has 0 spiro atoms. The SMILES string of the molecule is COC(=O)N[C@H](C(=O)N1CCCC1[C@@H]1CN=C(c2nc3sc(-c4cnc([C@@H]5CCCN5C(=O)[C@@H](NC(=O)OC)C(C)C)[nH]4)nc3s2)N1)C(C)C. The number of hydrogen-bond acceptors (Lipinski definition) is 13. The Kier molecular flexibility index (Phi) is 10.6. The van der Waals surface area contributed by atoms with Gasteiger partial charge in [0, 0.05) is 13.1 Å². The highest BCUT2D eigenvalue weighted by Gasteiger charge is 2.41. The molecule has 0 radical (unpaired) electrons. The van der Waals surface area contributed by atoms with Gasteiger partial charge in [-0.2, -0.15) is 0 Å². The Morgan fingerprint density at radius 3 is 2.08 bits per heavy atom. The molecule has 0 bridgehead atoms. The summed E-state index contributed by atoms with van der Waals surface area (Å²) in [4.78, 5) is 78.5. The highest BCUT2D eigenvalue weighted by molar-refractivity contribution is 7.28. The van der Waals surface area contributed by atoms with E-state index in [-0.39, 0.29) is 41.8 Å². The maximum Gasteiger partial charge on any atom is 0.407 e. The third-order valence-corrected chi connectivity index (χ3v) is 11.5. The first kappa shape index (κ1) is 35.5. The Balaban J connectivity index is 1.11. The molecule has 0 aromatic carbocycles. The topological polar surface area (TPSA) is 196 Å². The molecule has 18 heteroatoms. The number of carbonyl (C=O) groups excluding carboxylic acids is 4. The van der Waals surface area contributed by atoms with Gasteiger partial charge in [0.1, 0.15) is 22.9 Å². The van der Waals surface area contributed by atoms with Gasteiger partial charge in [-0.15, -0.1) is 0 Å². The van der Waals surface area contributed by atoms with Crippen LogP contribution in [0.2, 0.25) is 0 Å². The molecular weight excluding hydrogens is 685 g/mol. The highest BCUT2D eigenvalue weighted by Crippen LogP contribution is 2.36. The number of nitrogens with zero attached hydrogens (tertiary/aromatic N) is 6. The first-order chi connectivity index (χ1) is 24.0. The Labute approximate surface area is 297 Å². The molecule has 3 aromatic heterocycles. The van der Waals surface area contributed by atoms with Crippen molar-refractivity contribution in [3.63, 3.8) is 0 Å². The second kappa shape index (κ2) is 14.9. The van der Waals surface area contributed by atoms with Crippen molar-refractivity contribution in [2.75, 3.05) is 33.9 Å². The number of alkyl carbamates (subject to hydrolysis) is 2. The van der Waals surface area contributed by atoms with E-state index in [4.69, 9.17) is 24.4 Å². The quantitative estimate of drug-likeness (QED) is 0.241. The Morgan fingerprint density at radius 1 is 0.860 bits per heavy atom. The number of rotatable bonds is 10. The molecule has 2 saturated heterocycles. The van der Waals surface area contributed by atoms with E-state index >= 15 is 0 Å². The normalized spacial score (nSPS) is 21.8. The molecule has 4 amide bonds. The molecular formula is C32H44N10O6S2. The van der Waals surface area contributed by atoms with Gasteiger partial charge in [-0.3, -0.25) is 14.6 Å². The first-order valence-electron chi connectivity index (χ1n) is 16.9. The smallest absolute Gasteiger partial charge is 0.407 e. The number of likely N-dealkylation sites (tertiary alicyclic amines) is 2. The van der Waals surface area contributed by atoms with E-state index in [2.05, 4.69) is 25.9 Å². The number of imidazole rings is 1. The van der Waals surface area contributed by atoms with Crippen molar-refractivity contribution in [2.45, 2.75) is 83.6 Å². The summed E-state index contributed by atoms with van der Waals surface area (Å²) in [5.41, 5.74) is 0.743. The van der Waals surface area contributed by atoms with E-state index in [1.54, 1.807) is 11.1 Å². The van der Waals surface area contributed by atoms with Crippen LogP contribution in [-0.2, 0) is 19.1 Å². The van der Waals surface area contributed by atoms with Crippen molar-refractivity contribution in [2.24, 2.45) is 16.8 Å². The van der Waals surface area contributed by atoms with Crippen LogP contribution in [0.15, 0.2) is 11.2 Å². The zero-order valence-electron chi connectivity index (χ0n) is 29.0. The van der Waals surface area contributed by atoms with E-state index in [1.807, 2.05) is 32.6 Å².